The average molecular weight is 314 g/mol. The van der Waals surface area contributed by atoms with Gasteiger partial charge in [-0.05, 0) is 6.07 Å². The Morgan fingerprint density at radius 2 is 1.86 bits per heavy atom. The molecule has 1 aliphatic rings. The number of aromatic nitrogens is 2. The number of rotatable bonds is 4. The van der Waals surface area contributed by atoms with Crippen molar-refractivity contribution in [3.63, 3.8) is 0 Å². The first-order chi connectivity index (χ1) is 9.88. The molecule has 1 fully saturated rings. The van der Waals surface area contributed by atoms with E-state index in [1.807, 2.05) is 4.90 Å². The molecule has 1 aromatic heterocycles. The monoisotopic (exact) mass is 314 g/mol. The minimum Gasteiger partial charge on any atom is -0.338 e. The predicted octanol–water partition coefficient (Wildman–Crippen LogP) is -1.74. The fraction of sp³-hybridized carbons (Fsp3) is 0.545. The topological polar surface area (TPSA) is 113 Å². The van der Waals surface area contributed by atoms with Crippen LogP contribution in [-0.2, 0) is 15.0 Å². The molecule has 2 heterocycles. The highest BCUT2D eigenvalue weighted by molar-refractivity contribution is 7.86. The van der Waals surface area contributed by atoms with E-state index in [0.29, 0.717) is 32.1 Å². The zero-order chi connectivity index (χ0) is 15.5. The Bertz CT molecular complexity index is 585. The van der Waals surface area contributed by atoms with Crippen molar-refractivity contribution in [3.05, 3.63) is 18.5 Å². The number of nitrogens with two attached hydrogens (primary N) is 1. The summed E-state index contributed by atoms with van der Waals surface area (Å²) in [6.07, 6.45) is 3.34. The van der Waals surface area contributed by atoms with Crippen molar-refractivity contribution in [3.8, 4) is 0 Å². The molecule has 0 aliphatic carbocycles. The number of hydrogen-bond acceptors (Lipinski definition) is 6. The van der Waals surface area contributed by atoms with Gasteiger partial charge >= 0.3 is 0 Å². The lowest BCUT2D eigenvalue weighted by atomic mass is 10.3. The first kappa shape index (κ1) is 15.6. The number of piperazine rings is 1. The molecule has 0 saturated carbocycles. The van der Waals surface area contributed by atoms with Crippen LogP contribution in [0, 0.1) is 0 Å². The SMILES string of the molecule is CN(CC(=O)N1CCN(c2ncccn2)CC1)S(N)(=O)=O. The third kappa shape index (κ3) is 4.09. The van der Waals surface area contributed by atoms with E-state index < -0.39 is 10.2 Å². The van der Waals surface area contributed by atoms with Gasteiger partial charge in [0.2, 0.25) is 11.9 Å². The molecule has 1 saturated heterocycles. The van der Waals surface area contributed by atoms with Gasteiger partial charge in [0.15, 0.2) is 0 Å². The van der Waals surface area contributed by atoms with Crippen LogP contribution in [0.25, 0.3) is 0 Å². The van der Waals surface area contributed by atoms with E-state index in [1.54, 1.807) is 23.4 Å². The van der Waals surface area contributed by atoms with Gasteiger partial charge in [-0.3, -0.25) is 4.79 Å². The first-order valence-corrected chi connectivity index (χ1v) is 7.92. The van der Waals surface area contributed by atoms with Crippen molar-refractivity contribution < 1.29 is 13.2 Å². The molecule has 0 spiro atoms. The lowest BCUT2D eigenvalue weighted by molar-refractivity contribution is -0.131. The van der Waals surface area contributed by atoms with Gasteiger partial charge in [-0.1, -0.05) is 0 Å². The van der Waals surface area contributed by atoms with Crippen LogP contribution in [0.15, 0.2) is 18.5 Å². The number of amides is 1. The Kier molecular flexibility index (Phi) is 4.70. The maximum Gasteiger partial charge on any atom is 0.277 e. The molecule has 1 aliphatic heterocycles. The van der Waals surface area contributed by atoms with Gasteiger partial charge in [0.1, 0.15) is 0 Å². The third-order valence-corrected chi connectivity index (χ3v) is 4.26. The van der Waals surface area contributed by atoms with E-state index in [2.05, 4.69) is 9.97 Å². The zero-order valence-electron chi connectivity index (χ0n) is 11.7. The molecule has 2 N–H and O–H groups in total. The van der Waals surface area contributed by atoms with E-state index in [0.717, 1.165) is 4.31 Å². The van der Waals surface area contributed by atoms with Crippen LogP contribution in [0.5, 0.6) is 0 Å². The van der Waals surface area contributed by atoms with Crippen molar-refractivity contribution in [2.24, 2.45) is 5.14 Å². The molecule has 116 valence electrons. The fourth-order valence-electron chi connectivity index (χ4n) is 1.99. The molecule has 1 aromatic rings. The van der Waals surface area contributed by atoms with Crippen molar-refractivity contribution in [1.29, 1.82) is 0 Å². The summed E-state index contributed by atoms with van der Waals surface area (Å²) in [6.45, 7) is 1.95. The van der Waals surface area contributed by atoms with Gasteiger partial charge < -0.3 is 9.80 Å². The van der Waals surface area contributed by atoms with Gasteiger partial charge in [-0.2, -0.15) is 12.7 Å². The Balaban J connectivity index is 1.88. The maximum atomic E-state index is 12.0. The lowest BCUT2D eigenvalue weighted by Crippen LogP contribution is -2.52. The van der Waals surface area contributed by atoms with Crippen LogP contribution in [0.4, 0.5) is 5.95 Å². The van der Waals surface area contributed by atoms with Crippen molar-refractivity contribution in [1.82, 2.24) is 19.2 Å². The number of likely N-dealkylation sites (N-methyl/N-ethyl adjacent to an activating group) is 1. The van der Waals surface area contributed by atoms with Gasteiger partial charge in [0, 0.05) is 45.6 Å². The largest absolute Gasteiger partial charge is 0.338 e. The second-order valence-electron chi connectivity index (χ2n) is 4.72. The summed E-state index contributed by atoms with van der Waals surface area (Å²) in [5, 5.41) is 4.96. The van der Waals surface area contributed by atoms with Crippen molar-refractivity contribution in [2.75, 3.05) is 44.7 Å². The van der Waals surface area contributed by atoms with E-state index in [1.165, 1.54) is 7.05 Å². The maximum absolute atomic E-state index is 12.0. The predicted molar refractivity (Wildman–Crippen MR) is 76.6 cm³/mol. The number of anilines is 1. The van der Waals surface area contributed by atoms with Gasteiger partial charge in [0.05, 0.1) is 6.54 Å². The summed E-state index contributed by atoms with van der Waals surface area (Å²) in [5.74, 6) is 0.367. The summed E-state index contributed by atoms with van der Waals surface area (Å²) in [7, 11) is -2.56. The summed E-state index contributed by atoms with van der Waals surface area (Å²) in [4.78, 5) is 23.9. The van der Waals surface area contributed by atoms with E-state index >= 15 is 0 Å². The van der Waals surface area contributed by atoms with Crippen LogP contribution in [0.2, 0.25) is 0 Å². The van der Waals surface area contributed by atoms with Crippen molar-refractivity contribution in [2.45, 2.75) is 0 Å². The minimum atomic E-state index is -3.83. The van der Waals surface area contributed by atoms with E-state index in [9.17, 15) is 13.2 Å². The molecule has 0 aromatic carbocycles. The molecule has 0 radical (unpaired) electrons. The second kappa shape index (κ2) is 6.33. The van der Waals surface area contributed by atoms with Crippen LogP contribution in [-0.4, -0.2) is 73.3 Å². The van der Waals surface area contributed by atoms with Gasteiger partial charge in [0.25, 0.3) is 10.2 Å². The molecular weight excluding hydrogens is 296 g/mol. The number of nitrogens with zero attached hydrogens (tertiary/aromatic N) is 5. The normalized spacial score (nSPS) is 16.3. The van der Waals surface area contributed by atoms with Crippen LogP contribution >= 0.6 is 0 Å². The third-order valence-electron chi connectivity index (χ3n) is 3.26. The highest BCUT2D eigenvalue weighted by Gasteiger charge is 2.25. The second-order valence-corrected chi connectivity index (χ2v) is 6.37. The Labute approximate surface area is 123 Å². The average Bonchev–Trinajstić information content (AvgIpc) is 2.47. The Hall–Kier alpha value is -1.78. The molecule has 0 bridgehead atoms. The summed E-state index contributed by atoms with van der Waals surface area (Å²) in [6, 6.07) is 1.74. The Morgan fingerprint density at radius 3 is 2.38 bits per heavy atom. The number of hydrogen-bond donors (Lipinski definition) is 1. The molecule has 2 rings (SSSR count). The minimum absolute atomic E-state index is 0.249. The van der Waals surface area contributed by atoms with E-state index in [4.69, 9.17) is 5.14 Å². The van der Waals surface area contributed by atoms with Crippen LogP contribution in [0.3, 0.4) is 0 Å². The smallest absolute Gasteiger partial charge is 0.277 e. The molecule has 21 heavy (non-hydrogen) atoms. The fourth-order valence-corrected chi connectivity index (χ4v) is 2.28. The highest BCUT2D eigenvalue weighted by atomic mass is 32.2. The highest BCUT2D eigenvalue weighted by Crippen LogP contribution is 2.10. The van der Waals surface area contributed by atoms with Crippen LogP contribution in [0.1, 0.15) is 0 Å². The first-order valence-electron chi connectivity index (χ1n) is 6.42. The Morgan fingerprint density at radius 1 is 1.29 bits per heavy atom. The van der Waals surface area contributed by atoms with Crippen molar-refractivity contribution >= 4 is 22.1 Å². The quantitative estimate of drug-likeness (QED) is 0.706. The molecule has 1 amide bonds. The molecule has 0 unspecified atom stereocenters. The number of carbonyl (C=O) groups excluding carboxylic acids is 1. The zero-order valence-corrected chi connectivity index (χ0v) is 12.5. The molecule has 10 heteroatoms. The standard InChI is InChI=1S/C11H18N6O3S/c1-15(21(12,19)20)9-10(18)16-5-7-17(8-6-16)11-13-3-2-4-14-11/h2-4H,5-9H2,1H3,(H2,12,19,20). The summed E-state index contributed by atoms with van der Waals surface area (Å²) < 4.78 is 23.0. The van der Waals surface area contributed by atoms with Crippen LogP contribution < -0.4 is 10.0 Å². The number of carbonyl (C=O) groups is 1. The lowest BCUT2D eigenvalue weighted by Gasteiger charge is -2.35. The van der Waals surface area contributed by atoms with Gasteiger partial charge in [-0.15, -0.1) is 0 Å². The van der Waals surface area contributed by atoms with E-state index in [-0.39, 0.29) is 12.5 Å². The van der Waals surface area contributed by atoms with Gasteiger partial charge in [-0.25, -0.2) is 15.1 Å². The molecule has 9 nitrogen and oxygen atoms in total. The molecular formula is C11H18N6O3S. The molecule has 0 atom stereocenters. The summed E-state index contributed by atoms with van der Waals surface area (Å²) >= 11 is 0. The summed E-state index contributed by atoms with van der Waals surface area (Å²) in [5.41, 5.74) is 0.